The first kappa shape index (κ1) is 11.0. The normalized spacial score (nSPS) is 31.4. The third kappa shape index (κ3) is 3.30. The van der Waals surface area contributed by atoms with Gasteiger partial charge in [0.05, 0.1) is 0 Å². The van der Waals surface area contributed by atoms with Crippen LogP contribution < -0.4 is 5.32 Å². The Morgan fingerprint density at radius 3 is 2.46 bits per heavy atom. The van der Waals surface area contributed by atoms with Crippen molar-refractivity contribution in [1.29, 1.82) is 0 Å². The maximum Gasteiger partial charge on any atom is 0.00975 e. The zero-order chi connectivity index (χ0) is 9.84. The molecule has 0 aromatic rings. The lowest BCUT2D eigenvalue weighted by atomic mass is 9.94. The lowest BCUT2D eigenvalue weighted by molar-refractivity contribution is 0.363. The van der Waals surface area contributed by atoms with Crippen molar-refractivity contribution in [3.05, 3.63) is 0 Å². The van der Waals surface area contributed by atoms with E-state index in [0.29, 0.717) is 0 Å². The molecule has 1 aliphatic rings. The van der Waals surface area contributed by atoms with Crippen LogP contribution in [0.3, 0.4) is 0 Å². The first-order chi connectivity index (χ1) is 6.19. The predicted octanol–water partition coefficient (Wildman–Crippen LogP) is 3.06. The minimum atomic E-state index is 0.788. The average molecular weight is 183 g/mol. The van der Waals surface area contributed by atoms with Crippen LogP contribution >= 0.6 is 0 Å². The minimum Gasteiger partial charge on any atom is -0.317 e. The fourth-order valence-electron chi connectivity index (χ4n) is 2.46. The highest BCUT2D eigenvalue weighted by atomic mass is 14.9. The molecule has 1 nitrogen and oxygen atoms in total. The molecule has 78 valence electrons. The van der Waals surface area contributed by atoms with Gasteiger partial charge in [0.2, 0.25) is 0 Å². The molecule has 0 aromatic heterocycles. The fraction of sp³-hybridized carbons (Fsp3) is 1.00. The Balaban J connectivity index is 2.23. The van der Waals surface area contributed by atoms with Crippen LogP contribution in [0.25, 0.3) is 0 Å². The summed E-state index contributed by atoms with van der Waals surface area (Å²) < 4.78 is 0. The predicted molar refractivity (Wildman–Crippen MR) is 58.8 cm³/mol. The van der Waals surface area contributed by atoms with Gasteiger partial charge in [0.15, 0.2) is 0 Å². The Labute approximate surface area is 83.3 Å². The Morgan fingerprint density at radius 1 is 1.46 bits per heavy atom. The van der Waals surface area contributed by atoms with Gasteiger partial charge in [-0.3, -0.25) is 0 Å². The van der Waals surface area contributed by atoms with Crippen LogP contribution in [0.1, 0.15) is 46.5 Å². The SMILES string of the molecule is CCCC(C)CC(NC)C1CC1C. The smallest absolute Gasteiger partial charge is 0.00975 e. The molecule has 4 unspecified atom stereocenters. The van der Waals surface area contributed by atoms with Gasteiger partial charge >= 0.3 is 0 Å². The van der Waals surface area contributed by atoms with E-state index in [4.69, 9.17) is 0 Å². The summed E-state index contributed by atoms with van der Waals surface area (Å²) in [6.45, 7) is 7.05. The van der Waals surface area contributed by atoms with E-state index in [2.05, 4.69) is 33.1 Å². The second-order valence-corrected chi connectivity index (χ2v) is 4.90. The first-order valence-corrected chi connectivity index (χ1v) is 5.86. The Bertz CT molecular complexity index is 144. The molecule has 0 aromatic carbocycles. The summed E-state index contributed by atoms with van der Waals surface area (Å²) in [6.07, 6.45) is 5.54. The highest BCUT2D eigenvalue weighted by Gasteiger charge is 2.38. The van der Waals surface area contributed by atoms with E-state index in [0.717, 1.165) is 23.8 Å². The maximum atomic E-state index is 3.48. The number of hydrogen-bond acceptors (Lipinski definition) is 1. The summed E-state index contributed by atoms with van der Waals surface area (Å²) in [5.74, 6) is 2.85. The van der Waals surface area contributed by atoms with Crippen molar-refractivity contribution in [2.45, 2.75) is 52.5 Å². The summed E-state index contributed by atoms with van der Waals surface area (Å²) in [4.78, 5) is 0. The van der Waals surface area contributed by atoms with Crippen LogP contribution in [-0.2, 0) is 0 Å². The van der Waals surface area contributed by atoms with Gasteiger partial charge in [-0.2, -0.15) is 0 Å². The van der Waals surface area contributed by atoms with E-state index in [1.54, 1.807) is 0 Å². The third-order valence-electron chi connectivity index (χ3n) is 3.50. The van der Waals surface area contributed by atoms with E-state index in [1.807, 2.05) is 0 Å². The summed E-state index contributed by atoms with van der Waals surface area (Å²) in [6, 6.07) is 0.788. The van der Waals surface area contributed by atoms with Gasteiger partial charge in [-0.15, -0.1) is 0 Å². The number of nitrogens with one attached hydrogen (secondary N) is 1. The zero-order valence-corrected chi connectivity index (χ0v) is 9.64. The van der Waals surface area contributed by atoms with Crippen LogP contribution in [0, 0.1) is 17.8 Å². The summed E-state index contributed by atoms with van der Waals surface area (Å²) >= 11 is 0. The summed E-state index contributed by atoms with van der Waals surface area (Å²) in [7, 11) is 2.12. The molecule has 0 saturated heterocycles. The van der Waals surface area contributed by atoms with E-state index in [-0.39, 0.29) is 0 Å². The molecule has 0 radical (unpaired) electrons. The number of rotatable bonds is 6. The fourth-order valence-corrected chi connectivity index (χ4v) is 2.46. The van der Waals surface area contributed by atoms with Crippen molar-refractivity contribution in [3.63, 3.8) is 0 Å². The van der Waals surface area contributed by atoms with Crippen LogP contribution in [0.4, 0.5) is 0 Å². The van der Waals surface area contributed by atoms with Crippen LogP contribution in [0.5, 0.6) is 0 Å². The van der Waals surface area contributed by atoms with Gasteiger partial charge in [-0.25, -0.2) is 0 Å². The zero-order valence-electron chi connectivity index (χ0n) is 9.64. The molecule has 13 heavy (non-hydrogen) atoms. The Morgan fingerprint density at radius 2 is 2.08 bits per heavy atom. The number of hydrogen-bond donors (Lipinski definition) is 1. The monoisotopic (exact) mass is 183 g/mol. The topological polar surface area (TPSA) is 12.0 Å². The minimum absolute atomic E-state index is 0.788. The molecule has 1 saturated carbocycles. The van der Waals surface area contributed by atoms with Crippen molar-refractivity contribution in [1.82, 2.24) is 5.32 Å². The Kier molecular flexibility index (Phi) is 4.24. The molecule has 1 aliphatic carbocycles. The molecule has 1 N–H and O–H groups in total. The van der Waals surface area contributed by atoms with Crippen molar-refractivity contribution in [3.8, 4) is 0 Å². The van der Waals surface area contributed by atoms with Crippen LogP contribution in [0.15, 0.2) is 0 Å². The molecular formula is C12H25N. The van der Waals surface area contributed by atoms with Crippen molar-refractivity contribution >= 4 is 0 Å². The highest BCUT2D eigenvalue weighted by molar-refractivity contribution is 4.92. The molecule has 0 aliphatic heterocycles. The second kappa shape index (κ2) is 4.99. The standard InChI is InChI=1S/C12H25N/c1-5-6-9(2)7-12(13-4)11-8-10(11)3/h9-13H,5-8H2,1-4H3. The van der Waals surface area contributed by atoms with Gasteiger partial charge in [-0.05, 0) is 37.6 Å². The molecule has 1 heteroatoms. The lowest BCUT2D eigenvalue weighted by Crippen LogP contribution is -2.30. The van der Waals surface area contributed by atoms with Crippen molar-refractivity contribution in [2.75, 3.05) is 7.05 Å². The average Bonchev–Trinajstić information content (AvgIpc) is 2.79. The van der Waals surface area contributed by atoms with E-state index in [1.165, 1.54) is 25.7 Å². The first-order valence-electron chi connectivity index (χ1n) is 5.86. The molecule has 1 fully saturated rings. The molecule has 4 atom stereocenters. The van der Waals surface area contributed by atoms with Crippen LogP contribution in [-0.4, -0.2) is 13.1 Å². The van der Waals surface area contributed by atoms with Gasteiger partial charge in [0.25, 0.3) is 0 Å². The molecule has 0 spiro atoms. The largest absolute Gasteiger partial charge is 0.317 e. The van der Waals surface area contributed by atoms with Gasteiger partial charge in [-0.1, -0.05) is 33.6 Å². The summed E-state index contributed by atoms with van der Waals surface area (Å²) in [5.41, 5.74) is 0. The van der Waals surface area contributed by atoms with E-state index in [9.17, 15) is 0 Å². The summed E-state index contributed by atoms with van der Waals surface area (Å²) in [5, 5.41) is 3.48. The molecule has 0 heterocycles. The third-order valence-corrected chi connectivity index (χ3v) is 3.50. The lowest BCUT2D eigenvalue weighted by Gasteiger charge is -2.20. The molecule has 0 amide bonds. The van der Waals surface area contributed by atoms with Gasteiger partial charge in [0, 0.05) is 6.04 Å². The van der Waals surface area contributed by atoms with Crippen molar-refractivity contribution < 1.29 is 0 Å². The van der Waals surface area contributed by atoms with Crippen molar-refractivity contribution in [2.24, 2.45) is 17.8 Å². The van der Waals surface area contributed by atoms with E-state index < -0.39 is 0 Å². The molecule has 1 rings (SSSR count). The Hall–Kier alpha value is -0.0400. The quantitative estimate of drug-likeness (QED) is 0.667. The maximum absolute atomic E-state index is 3.48. The molecule has 0 bridgehead atoms. The second-order valence-electron chi connectivity index (χ2n) is 4.90. The highest BCUT2D eigenvalue weighted by Crippen LogP contribution is 2.42. The van der Waals surface area contributed by atoms with Crippen LogP contribution in [0.2, 0.25) is 0 Å². The van der Waals surface area contributed by atoms with Gasteiger partial charge < -0.3 is 5.32 Å². The van der Waals surface area contributed by atoms with E-state index >= 15 is 0 Å². The molecular weight excluding hydrogens is 158 g/mol. The van der Waals surface area contributed by atoms with Gasteiger partial charge in [0.1, 0.15) is 0 Å².